The lowest BCUT2D eigenvalue weighted by molar-refractivity contribution is 0.296. The van der Waals surface area contributed by atoms with Crippen molar-refractivity contribution in [2.75, 3.05) is 13.2 Å². The van der Waals surface area contributed by atoms with Crippen LogP contribution in [-0.2, 0) is 14.6 Å². The molecule has 0 heterocycles. The lowest BCUT2D eigenvalue weighted by Gasteiger charge is -1.90. The minimum Gasteiger partial charge on any atom is -0.330 e. The van der Waals surface area contributed by atoms with Gasteiger partial charge in [0.2, 0.25) is 0 Å². The Hall–Kier alpha value is -0.430. The Balaban J connectivity index is 0. The molecule has 0 aliphatic rings. The molecule has 0 aliphatic carbocycles. The molecule has 3 N–H and O–H groups in total. The van der Waals surface area contributed by atoms with Gasteiger partial charge in [-0.15, -0.1) is 6.58 Å². The van der Waals surface area contributed by atoms with Gasteiger partial charge >= 0.3 is 10.4 Å². The molecule has 0 saturated heterocycles. The van der Waals surface area contributed by atoms with Crippen LogP contribution in [0.15, 0.2) is 12.7 Å². The zero-order valence-electron chi connectivity index (χ0n) is 8.48. The van der Waals surface area contributed by atoms with Gasteiger partial charge in [0, 0.05) is 0 Å². The van der Waals surface area contributed by atoms with Crippen LogP contribution >= 0.6 is 0 Å². The molecule has 0 saturated carbocycles. The number of rotatable bonds is 6. The Morgan fingerprint density at radius 2 is 2.07 bits per heavy atom. The second-order valence-electron chi connectivity index (χ2n) is 2.50. The highest BCUT2D eigenvalue weighted by Crippen LogP contribution is 1.88. The van der Waals surface area contributed by atoms with Crippen molar-refractivity contribution >= 4 is 10.4 Å². The SMILES string of the molecule is C=CCOS(=O)(=O)O.CCCCCN. The van der Waals surface area contributed by atoms with Crippen molar-refractivity contribution in [2.45, 2.75) is 26.2 Å². The third-order valence-electron chi connectivity index (χ3n) is 1.14. The Kier molecular flexibility index (Phi) is 12.2. The molecule has 0 bridgehead atoms. The van der Waals surface area contributed by atoms with Gasteiger partial charge in [-0.2, -0.15) is 8.42 Å². The number of hydrogen-bond acceptors (Lipinski definition) is 4. The summed E-state index contributed by atoms with van der Waals surface area (Å²) in [5.41, 5.74) is 5.21. The molecule has 86 valence electrons. The minimum atomic E-state index is -4.26. The molecule has 0 radical (unpaired) electrons. The smallest absolute Gasteiger partial charge is 0.330 e. The van der Waals surface area contributed by atoms with Crippen molar-refractivity contribution in [1.82, 2.24) is 0 Å². The van der Waals surface area contributed by atoms with Gasteiger partial charge in [0.15, 0.2) is 0 Å². The molecule has 0 aromatic carbocycles. The first-order valence-corrected chi connectivity index (χ1v) is 5.77. The summed E-state index contributed by atoms with van der Waals surface area (Å²) in [7, 11) is -4.26. The average Bonchev–Trinajstić information content (AvgIpc) is 2.11. The number of unbranched alkanes of at least 4 members (excludes halogenated alkanes) is 2. The normalized spacial score (nSPS) is 10.2. The highest BCUT2D eigenvalue weighted by molar-refractivity contribution is 7.80. The van der Waals surface area contributed by atoms with Gasteiger partial charge in [0.1, 0.15) is 0 Å². The standard InChI is InChI=1S/C5H13N.C3H6O4S/c1-2-3-4-5-6;1-2-3-7-8(4,5)6/h2-6H2,1H3;2H,1,3H2,(H,4,5,6). The monoisotopic (exact) mass is 225 g/mol. The second kappa shape index (κ2) is 10.6. The molecular formula is C8H19NO4S. The molecule has 0 aliphatic heterocycles. The summed E-state index contributed by atoms with van der Waals surface area (Å²) in [6, 6.07) is 0. The lowest BCUT2D eigenvalue weighted by Crippen LogP contribution is -2.02. The van der Waals surface area contributed by atoms with Crippen molar-refractivity contribution in [3.8, 4) is 0 Å². The fraction of sp³-hybridized carbons (Fsp3) is 0.750. The van der Waals surface area contributed by atoms with Gasteiger partial charge in [-0.25, -0.2) is 4.18 Å². The Morgan fingerprint density at radius 1 is 1.50 bits per heavy atom. The number of nitrogens with two attached hydrogens (primary N) is 1. The minimum absolute atomic E-state index is 0.196. The molecule has 0 rings (SSSR count). The Morgan fingerprint density at radius 3 is 2.21 bits per heavy atom. The molecule has 0 unspecified atom stereocenters. The van der Waals surface area contributed by atoms with Gasteiger partial charge < -0.3 is 5.73 Å². The van der Waals surface area contributed by atoms with Crippen molar-refractivity contribution in [2.24, 2.45) is 5.73 Å². The van der Waals surface area contributed by atoms with E-state index in [9.17, 15) is 8.42 Å². The quantitative estimate of drug-likeness (QED) is 0.402. The van der Waals surface area contributed by atoms with Crippen molar-refractivity contribution in [3.63, 3.8) is 0 Å². The van der Waals surface area contributed by atoms with Crippen molar-refractivity contribution < 1.29 is 17.2 Å². The highest BCUT2D eigenvalue weighted by Gasteiger charge is 1.99. The Labute approximate surface area is 85.9 Å². The fourth-order valence-corrected chi connectivity index (χ4v) is 0.797. The van der Waals surface area contributed by atoms with Crippen molar-refractivity contribution in [1.29, 1.82) is 0 Å². The maximum Gasteiger partial charge on any atom is 0.397 e. The molecule has 0 spiro atoms. The summed E-state index contributed by atoms with van der Waals surface area (Å²) in [4.78, 5) is 0. The average molecular weight is 225 g/mol. The molecule has 5 nitrogen and oxygen atoms in total. The van der Waals surface area contributed by atoms with E-state index in [-0.39, 0.29) is 6.61 Å². The zero-order valence-corrected chi connectivity index (χ0v) is 9.29. The summed E-state index contributed by atoms with van der Waals surface area (Å²) >= 11 is 0. The van der Waals surface area contributed by atoms with Gasteiger partial charge in [0.25, 0.3) is 0 Å². The van der Waals surface area contributed by atoms with E-state index in [4.69, 9.17) is 10.3 Å². The molecule has 0 amide bonds. The van der Waals surface area contributed by atoms with Crippen LogP contribution in [0, 0.1) is 0 Å². The maximum absolute atomic E-state index is 9.68. The van der Waals surface area contributed by atoms with E-state index in [2.05, 4.69) is 17.7 Å². The van der Waals surface area contributed by atoms with Crippen LogP contribution in [0.4, 0.5) is 0 Å². The van der Waals surface area contributed by atoms with E-state index in [1.807, 2.05) is 0 Å². The van der Waals surface area contributed by atoms with Crippen molar-refractivity contribution in [3.05, 3.63) is 12.7 Å². The third kappa shape index (κ3) is 22.6. The van der Waals surface area contributed by atoms with Crippen LogP contribution in [0.3, 0.4) is 0 Å². The predicted molar refractivity (Wildman–Crippen MR) is 56.3 cm³/mol. The summed E-state index contributed by atoms with van der Waals surface area (Å²) in [5, 5.41) is 0. The fourth-order valence-electron chi connectivity index (χ4n) is 0.528. The molecule has 0 fully saturated rings. The van der Waals surface area contributed by atoms with E-state index in [0.717, 1.165) is 6.54 Å². The van der Waals surface area contributed by atoms with Gasteiger partial charge in [0.05, 0.1) is 6.61 Å². The highest BCUT2D eigenvalue weighted by atomic mass is 32.3. The molecule has 0 aromatic heterocycles. The number of hydrogen-bond donors (Lipinski definition) is 2. The van der Waals surface area contributed by atoms with Crippen LogP contribution in [-0.4, -0.2) is 26.1 Å². The first kappa shape index (κ1) is 16.0. The van der Waals surface area contributed by atoms with E-state index < -0.39 is 10.4 Å². The molecule has 0 aromatic rings. The largest absolute Gasteiger partial charge is 0.397 e. The van der Waals surface area contributed by atoms with Gasteiger partial charge in [-0.05, 0) is 13.0 Å². The van der Waals surface area contributed by atoms with E-state index >= 15 is 0 Å². The topological polar surface area (TPSA) is 89.6 Å². The van der Waals surface area contributed by atoms with Gasteiger partial charge in [-0.1, -0.05) is 25.8 Å². The van der Waals surface area contributed by atoms with E-state index in [0.29, 0.717) is 0 Å². The van der Waals surface area contributed by atoms with Crippen LogP contribution in [0.25, 0.3) is 0 Å². The summed E-state index contributed by atoms with van der Waals surface area (Å²) in [5.74, 6) is 0. The lowest BCUT2D eigenvalue weighted by atomic mass is 10.3. The molecule has 0 atom stereocenters. The zero-order chi connectivity index (χ0) is 11.4. The summed E-state index contributed by atoms with van der Waals surface area (Å²) in [6.45, 7) is 6.00. The summed E-state index contributed by atoms with van der Waals surface area (Å²) < 4.78 is 31.0. The predicted octanol–water partition coefficient (Wildman–Crippen LogP) is 1.13. The molecular weight excluding hydrogens is 206 g/mol. The second-order valence-corrected chi connectivity index (χ2v) is 3.59. The summed E-state index contributed by atoms with van der Waals surface area (Å²) in [6.07, 6.45) is 4.97. The van der Waals surface area contributed by atoms with Crippen LogP contribution in [0.1, 0.15) is 26.2 Å². The van der Waals surface area contributed by atoms with Crippen LogP contribution in [0.2, 0.25) is 0 Å². The maximum atomic E-state index is 9.68. The molecule has 6 heteroatoms. The van der Waals surface area contributed by atoms with Gasteiger partial charge in [-0.3, -0.25) is 4.55 Å². The third-order valence-corrected chi connectivity index (χ3v) is 1.58. The van der Waals surface area contributed by atoms with Crippen LogP contribution < -0.4 is 5.73 Å². The first-order valence-electron chi connectivity index (χ1n) is 4.40. The van der Waals surface area contributed by atoms with E-state index in [1.54, 1.807) is 0 Å². The van der Waals surface area contributed by atoms with E-state index in [1.165, 1.54) is 25.3 Å². The molecule has 14 heavy (non-hydrogen) atoms. The first-order chi connectivity index (χ1) is 6.47. The van der Waals surface area contributed by atoms with Crippen LogP contribution in [0.5, 0.6) is 0 Å². The Bertz CT molecular complexity index is 209.